The summed E-state index contributed by atoms with van der Waals surface area (Å²) in [7, 11) is -3.16. The average molecular weight is 632 g/mol. The lowest BCUT2D eigenvalue weighted by atomic mass is 9.66. The molecule has 5 aliphatic rings. The van der Waals surface area contributed by atoms with Gasteiger partial charge in [0.25, 0.3) is 0 Å². The zero-order chi connectivity index (χ0) is 30.9. The van der Waals surface area contributed by atoms with Gasteiger partial charge in [-0.3, -0.25) is 14.5 Å². The maximum absolute atomic E-state index is 15.5. The van der Waals surface area contributed by atoms with Crippen molar-refractivity contribution >= 4 is 21.7 Å². The van der Waals surface area contributed by atoms with Gasteiger partial charge in [0, 0.05) is 50.9 Å². The molecule has 6 atom stereocenters. The van der Waals surface area contributed by atoms with E-state index in [1.807, 2.05) is 4.90 Å². The summed E-state index contributed by atoms with van der Waals surface area (Å²) < 4.78 is 53.8. The van der Waals surface area contributed by atoms with E-state index in [2.05, 4.69) is 16.0 Å². The first-order valence-electron chi connectivity index (χ1n) is 16.1. The summed E-state index contributed by atoms with van der Waals surface area (Å²) in [6, 6.07) is -1.48. The molecule has 1 spiro atoms. The number of alkyl halides is 2. The highest BCUT2D eigenvalue weighted by Crippen LogP contribution is 2.46. The molecule has 14 heteroatoms. The third-order valence-corrected chi connectivity index (χ3v) is 12.4. The number of nitrogens with one attached hydrogen (secondary N) is 3. The summed E-state index contributed by atoms with van der Waals surface area (Å²) in [5, 5.41) is 8.94. The van der Waals surface area contributed by atoms with Crippen molar-refractivity contribution < 1.29 is 26.8 Å². The minimum absolute atomic E-state index is 0.0338. The van der Waals surface area contributed by atoms with Gasteiger partial charge >= 0.3 is 0 Å². The van der Waals surface area contributed by atoms with Gasteiger partial charge in [0.1, 0.15) is 12.3 Å². The van der Waals surface area contributed by atoms with E-state index in [-0.39, 0.29) is 55.4 Å². The molecule has 1 saturated carbocycles. The van der Waals surface area contributed by atoms with Crippen molar-refractivity contribution in [3.05, 3.63) is 0 Å². The second kappa shape index (κ2) is 13.5. The third-order valence-electron chi connectivity index (χ3n) is 10.9. The number of likely N-dealkylation sites (tertiary alicyclic amines) is 2. The predicted molar refractivity (Wildman–Crippen MR) is 160 cm³/mol. The molecular weight excluding hydrogens is 580 g/mol. The van der Waals surface area contributed by atoms with Gasteiger partial charge in [-0.1, -0.05) is 19.3 Å². The molecule has 0 aromatic carbocycles. The molecule has 11 nitrogen and oxygen atoms in total. The second-order valence-electron chi connectivity index (χ2n) is 14.0. The number of nitrogens with two attached hydrogens (primary N) is 2. The van der Waals surface area contributed by atoms with Gasteiger partial charge in [0.2, 0.25) is 11.8 Å². The van der Waals surface area contributed by atoms with Gasteiger partial charge in [-0.05, 0) is 57.0 Å². The lowest BCUT2D eigenvalue weighted by molar-refractivity contribution is -0.140. The van der Waals surface area contributed by atoms with Crippen molar-refractivity contribution in [1.29, 1.82) is 0 Å². The van der Waals surface area contributed by atoms with E-state index in [0.717, 1.165) is 32.1 Å². The van der Waals surface area contributed by atoms with Gasteiger partial charge in [-0.15, -0.1) is 0 Å². The number of hydrogen-bond donors (Lipinski definition) is 5. The van der Waals surface area contributed by atoms with Gasteiger partial charge in [0.05, 0.1) is 29.4 Å². The molecule has 1 aliphatic carbocycles. The van der Waals surface area contributed by atoms with Crippen LogP contribution in [0.25, 0.3) is 0 Å². The molecule has 0 aromatic heterocycles. The molecule has 4 aliphatic heterocycles. The molecule has 0 aromatic rings. The zero-order valence-electron chi connectivity index (χ0n) is 25.4. The van der Waals surface area contributed by atoms with Crippen LogP contribution >= 0.6 is 0 Å². The van der Waals surface area contributed by atoms with Crippen LogP contribution in [-0.2, 0) is 19.4 Å². The highest BCUT2D eigenvalue weighted by molar-refractivity contribution is 7.91. The van der Waals surface area contributed by atoms with Crippen molar-refractivity contribution in [3.8, 4) is 0 Å². The van der Waals surface area contributed by atoms with E-state index < -0.39 is 51.6 Å². The number of carbonyl (C=O) groups excluding carboxylic acids is 2. The Balaban J connectivity index is 1.21. The first-order chi connectivity index (χ1) is 20.4. The van der Waals surface area contributed by atoms with E-state index in [9.17, 15) is 22.4 Å². The minimum atomic E-state index is -3.16. The Morgan fingerprint density at radius 2 is 1.67 bits per heavy atom. The lowest BCUT2D eigenvalue weighted by Gasteiger charge is -2.46. The fourth-order valence-corrected chi connectivity index (χ4v) is 9.29. The molecular formula is C29H51F2N7O4S. The van der Waals surface area contributed by atoms with Crippen LogP contribution in [-0.4, -0.2) is 124 Å². The minimum Gasteiger partial charge on any atom is -0.350 e. The first kappa shape index (κ1) is 32.9. The number of nitrogens with zero attached hydrogens (tertiary/aromatic N) is 2. The molecule has 6 unspecified atom stereocenters. The average Bonchev–Trinajstić information content (AvgIpc) is 3.05. The van der Waals surface area contributed by atoms with E-state index >= 15 is 4.39 Å². The topological polar surface area (TPSA) is 163 Å². The van der Waals surface area contributed by atoms with Crippen LogP contribution in [0.2, 0.25) is 0 Å². The van der Waals surface area contributed by atoms with Crippen molar-refractivity contribution in [3.63, 3.8) is 0 Å². The normalized spacial score (nSPS) is 34.0. The summed E-state index contributed by atoms with van der Waals surface area (Å²) >= 11 is 0. The molecule has 4 saturated heterocycles. The number of rotatable bonds is 7. The Morgan fingerprint density at radius 3 is 2.30 bits per heavy atom. The highest BCUT2D eigenvalue weighted by atomic mass is 32.2. The monoisotopic (exact) mass is 631 g/mol. The lowest BCUT2D eigenvalue weighted by Crippen LogP contribution is -2.68. The Labute approximate surface area is 254 Å². The van der Waals surface area contributed by atoms with Gasteiger partial charge in [-0.2, -0.15) is 0 Å². The Kier molecular flexibility index (Phi) is 10.3. The Hall–Kier alpha value is -1.45. The molecule has 5 rings (SSSR count). The fourth-order valence-electron chi connectivity index (χ4n) is 8.39. The van der Waals surface area contributed by atoms with Crippen LogP contribution in [0, 0.1) is 17.3 Å². The predicted octanol–water partition coefficient (Wildman–Crippen LogP) is -0.351. The van der Waals surface area contributed by atoms with Crippen LogP contribution in [0.4, 0.5) is 8.78 Å². The number of amides is 2. The number of halogens is 2. The van der Waals surface area contributed by atoms with Crippen LogP contribution in [0.3, 0.4) is 0 Å². The van der Waals surface area contributed by atoms with E-state index in [1.54, 1.807) is 4.90 Å². The van der Waals surface area contributed by atoms with Crippen molar-refractivity contribution in [1.82, 2.24) is 25.8 Å². The fraction of sp³-hybridized carbons (Fsp3) is 0.931. The van der Waals surface area contributed by atoms with Crippen LogP contribution in [0.5, 0.6) is 0 Å². The zero-order valence-corrected chi connectivity index (χ0v) is 26.2. The van der Waals surface area contributed by atoms with Gasteiger partial charge in [0.15, 0.2) is 9.84 Å². The van der Waals surface area contributed by atoms with Crippen LogP contribution < -0.4 is 27.4 Å². The van der Waals surface area contributed by atoms with Crippen LogP contribution in [0.1, 0.15) is 57.8 Å². The molecule has 2 amide bonds. The molecule has 7 N–H and O–H groups in total. The smallest absolute Gasteiger partial charge is 0.227 e. The Bertz CT molecular complexity index is 1090. The third kappa shape index (κ3) is 7.51. The molecule has 4 heterocycles. The van der Waals surface area contributed by atoms with E-state index in [4.69, 9.17) is 11.5 Å². The Morgan fingerprint density at radius 1 is 1.00 bits per heavy atom. The van der Waals surface area contributed by atoms with E-state index in [1.165, 1.54) is 6.26 Å². The summed E-state index contributed by atoms with van der Waals surface area (Å²) in [4.78, 5) is 30.5. The largest absolute Gasteiger partial charge is 0.350 e. The molecule has 0 radical (unpaired) electrons. The summed E-state index contributed by atoms with van der Waals surface area (Å²) in [5.41, 5.74) is 12.3. The van der Waals surface area contributed by atoms with Crippen molar-refractivity contribution in [2.24, 2.45) is 28.7 Å². The van der Waals surface area contributed by atoms with E-state index in [0.29, 0.717) is 45.3 Å². The maximum Gasteiger partial charge on any atom is 0.227 e. The number of sulfone groups is 1. The number of piperidine rings is 2. The maximum atomic E-state index is 15.5. The van der Waals surface area contributed by atoms with Crippen LogP contribution in [0.15, 0.2) is 0 Å². The summed E-state index contributed by atoms with van der Waals surface area (Å²) in [5.74, 6) is -1.39. The first-order valence-corrected chi connectivity index (χ1v) is 18.1. The van der Waals surface area contributed by atoms with Crippen molar-refractivity contribution in [2.75, 3.05) is 52.1 Å². The molecule has 43 heavy (non-hydrogen) atoms. The van der Waals surface area contributed by atoms with Crippen molar-refractivity contribution in [2.45, 2.75) is 99.7 Å². The summed E-state index contributed by atoms with van der Waals surface area (Å²) in [6.07, 6.45) is 5.36. The number of carbonyl (C=O) groups is 2. The molecule has 5 fully saturated rings. The number of hydrogen-bond acceptors (Lipinski definition) is 9. The SMILES string of the molecule is CS(=O)(=O)C1CN(C(=O)C2CCN(C3C(F)CNCC3NC(=O)C(C(N)N)C3CC4(CCCCC4)CC(F)CN3)CC2)C1. The van der Waals surface area contributed by atoms with Gasteiger partial charge in [-0.25, -0.2) is 17.2 Å². The standard InChI is InChI=1S/C29H51F2N7O4S/c1-43(41,42)20-16-38(17-20)28(40)18-5-9-37(10-6-18)25-21(31)14-34-15-23(25)36-27(39)24(26(32)33)22-12-29(7-3-2-4-8-29)11-19(30)13-35-22/h18-26,34-35H,2-17,32-33H2,1H3,(H,36,39). The highest BCUT2D eigenvalue weighted by Gasteiger charge is 2.47. The summed E-state index contributed by atoms with van der Waals surface area (Å²) in [6.45, 7) is 2.19. The quantitative estimate of drug-likeness (QED) is 0.237. The molecule has 0 bridgehead atoms. The second-order valence-corrected chi connectivity index (χ2v) is 16.3. The molecule has 246 valence electrons. The van der Waals surface area contributed by atoms with Gasteiger partial charge < -0.3 is 32.3 Å².